The fraction of sp³-hybridized carbons (Fsp3) is 0.385. The van der Waals surface area contributed by atoms with E-state index in [9.17, 15) is 14.4 Å². The highest BCUT2D eigenvalue weighted by Crippen LogP contribution is 2.38. The van der Waals surface area contributed by atoms with Crippen LogP contribution in [0.4, 0.5) is 5.00 Å². The van der Waals surface area contributed by atoms with Crippen LogP contribution in [0.5, 0.6) is 0 Å². The number of ether oxygens (including phenoxy) is 2. The van der Waals surface area contributed by atoms with Crippen molar-refractivity contribution in [2.45, 2.75) is 59.0 Å². The van der Waals surface area contributed by atoms with Crippen LogP contribution >= 0.6 is 11.3 Å². The van der Waals surface area contributed by atoms with Crippen molar-refractivity contribution in [2.75, 3.05) is 11.9 Å². The standard InChI is InChI=1S/C26H28N2O5S/c1-4-20(33-25(30)18-14-15(3)27-19-12-8-6-10-16(18)19)23(29)28-24-22(26(31)32-5-2)17-11-7-9-13-21(17)34-24/h6,8,10,12,14,20H,4-5,7,9,11,13H2,1-3H3,(H,28,29)/t20-/m1/s1. The third-order valence-electron chi connectivity index (χ3n) is 5.86. The van der Waals surface area contributed by atoms with Gasteiger partial charge < -0.3 is 14.8 Å². The first-order valence-electron chi connectivity index (χ1n) is 11.6. The van der Waals surface area contributed by atoms with Crippen molar-refractivity contribution in [1.82, 2.24) is 4.98 Å². The second kappa shape index (κ2) is 10.3. The van der Waals surface area contributed by atoms with E-state index >= 15 is 0 Å². The molecule has 178 valence electrons. The molecule has 0 fully saturated rings. The lowest BCUT2D eigenvalue weighted by atomic mass is 9.95. The quantitative estimate of drug-likeness (QED) is 0.465. The molecular formula is C26H28N2O5S. The summed E-state index contributed by atoms with van der Waals surface area (Å²) in [6.07, 6.45) is 3.00. The number of aromatic nitrogens is 1. The molecule has 2 aromatic heterocycles. The number of aryl methyl sites for hydroxylation is 2. The van der Waals surface area contributed by atoms with Crippen molar-refractivity contribution in [3.63, 3.8) is 0 Å². The lowest BCUT2D eigenvalue weighted by molar-refractivity contribution is -0.124. The Hall–Kier alpha value is -3.26. The van der Waals surface area contributed by atoms with Crippen LogP contribution in [0.25, 0.3) is 10.9 Å². The van der Waals surface area contributed by atoms with Gasteiger partial charge >= 0.3 is 11.9 Å². The van der Waals surface area contributed by atoms with Gasteiger partial charge in [0.05, 0.1) is 23.3 Å². The number of anilines is 1. The monoisotopic (exact) mass is 480 g/mol. The summed E-state index contributed by atoms with van der Waals surface area (Å²) in [5, 5.41) is 3.99. The van der Waals surface area contributed by atoms with Gasteiger partial charge in [-0.15, -0.1) is 11.3 Å². The summed E-state index contributed by atoms with van der Waals surface area (Å²) in [7, 11) is 0. The van der Waals surface area contributed by atoms with Crippen LogP contribution in [0.2, 0.25) is 0 Å². The number of carbonyl (C=O) groups is 3. The van der Waals surface area contributed by atoms with Gasteiger partial charge in [0.25, 0.3) is 5.91 Å². The second-order valence-corrected chi connectivity index (χ2v) is 9.36. The molecule has 1 aliphatic carbocycles. The highest BCUT2D eigenvalue weighted by molar-refractivity contribution is 7.17. The van der Waals surface area contributed by atoms with Gasteiger partial charge in [0.15, 0.2) is 6.10 Å². The number of thiophene rings is 1. The van der Waals surface area contributed by atoms with E-state index in [1.165, 1.54) is 11.3 Å². The number of para-hydroxylation sites is 1. The van der Waals surface area contributed by atoms with Crippen LogP contribution in [-0.4, -0.2) is 35.5 Å². The molecule has 8 heteroatoms. The maximum absolute atomic E-state index is 13.1. The Labute approximate surface area is 202 Å². The van der Waals surface area contributed by atoms with Crippen LogP contribution in [0.3, 0.4) is 0 Å². The summed E-state index contributed by atoms with van der Waals surface area (Å²) in [6.45, 7) is 5.60. The summed E-state index contributed by atoms with van der Waals surface area (Å²) < 4.78 is 10.9. The Balaban J connectivity index is 1.57. The summed E-state index contributed by atoms with van der Waals surface area (Å²) >= 11 is 1.41. The fourth-order valence-corrected chi connectivity index (χ4v) is 5.54. The molecule has 1 amide bonds. The molecule has 4 rings (SSSR count). The van der Waals surface area contributed by atoms with Crippen LogP contribution in [0, 0.1) is 6.92 Å². The molecule has 0 saturated carbocycles. The van der Waals surface area contributed by atoms with Crippen LogP contribution < -0.4 is 5.32 Å². The molecule has 1 atom stereocenters. The van der Waals surface area contributed by atoms with Crippen molar-refractivity contribution in [2.24, 2.45) is 0 Å². The number of nitrogens with one attached hydrogen (secondary N) is 1. The highest BCUT2D eigenvalue weighted by atomic mass is 32.1. The molecule has 1 aliphatic rings. The van der Waals surface area contributed by atoms with Gasteiger partial charge in [0.2, 0.25) is 0 Å². The third kappa shape index (κ3) is 4.82. The summed E-state index contributed by atoms with van der Waals surface area (Å²) in [4.78, 5) is 44.4. The third-order valence-corrected chi connectivity index (χ3v) is 7.07. The predicted molar refractivity (Wildman–Crippen MR) is 132 cm³/mol. The Kier molecular flexibility index (Phi) is 7.26. The first kappa shape index (κ1) is 23.9. The number of esters is 2. The summed E-state index contributed by atoms with van der Waals surface area (Å²) in [5.41, 5.74) is 3.15. The summed E-state index contributed by atoms with van der Waals surface area (Å²) in [6, 6.07) is 8.99. The van der Waals surface area contributed by atoms with E-state index in [1.807, 2.05) is 25.1 Å². The Morgan fingerprint density at radius 2 is 1.88 bits per heavy atom. The lowest BCUT2D eigenvalue weighted by Gasteiger charge is -2.17. The van der Waals surface area contributed by atoms with Crippen molar-refractivity contribution in [3.05, 3.63) is 57.6 Å². The number of pyridine rings is 1. The number of nitrogens with zero attached hydrogens (tertiary/aromatic N) is 1. The van der Waals surface area contributed by atoms with E-state index in [0.717, 1.165) is 36.1 Å². The van der Waals surface area contributed by atoms with Gasteiger partial charge in [-0.2, -0.15) is 0 Å². The zero-order valence-corrected chi connectivity index (χ0v) is 20.4. The van der Waals surface area contributed by atoms with Crippen molar-refractivity contribution >= 4 is 45.1 Å². The molecular weight excluding hydrogens is 452 g/mol. The zero-order chi connectivity index (χ0) is 24.2. The molecule has 7 nitrogen and oxygen atoms in total. The minimum Gasteiger partial charge on any atom is -0.462 e. The van der Waals surface area contributed by atoms with E-state index in [0.29, 0.717) is 39.1 Å². The van der Waals surface area contributed by atoms with Crippen LogP contribution in [0.1, 0.15) is 70.0 Å². The topological polar surface area (TPSA) is 94.6 Å². The Morgan fingerprint density at radius 3 is 2.65 bits per heavy atom. The molecule has 1 N–H and O–H groups in total. The zero-order valence-electron chi connectivity index (χ0n) is 19.6. The minimum absolute atomic E-state index is 0.255. The van der Waals surface area contributed by atoms with Crippen molar-refractivity contribution < 1.29 is 23.9 Å². The fourth-order valence-electron chi connectivity index (χ4n) is 4.26. The molecule has 2 heterocycles. The molecule has 0 spiro atoms. The van der Waals surface area contributed by atoms with E-state index in [2.05, 4.69) is 10.3 Å². The molecule has 0 aliphatic heterocycles. The molecule has 1 aromatic carbocycles. The molecule has 0 saturated heterocycles. The van der Waals surface area contributed by atoms with Crippen molar-refractivity contribution in [1.29, 1.82) is 0 Å². The van der Waals surface area contributed by atoms with Gasteiger partial charge in [-0.1, -0.05) is 25.1 Å². The SMILES string of the molecule is CCOC(=O)c1c(NC(=O)[C@@H](CC)OC(=O)c2cc(C)nc3ccccc23)sc2c1CCCC2. The number of carbonyl (C=O) groups excluding carboxylic acids is 3. The van der Waals surface area contributed by atoms with Gasteiger partial charge in [-0.05, 0) is 63.6 Å². The van der Waals surface area contributed by atoms with Crippen LogP contribution in [-0.2, 0) is 27.1 Å². The highest BCUT2D eigenvalue weighted by Gasteiger charge is 2.30. The maximum atomic E-state index is 13.1. The molecule has 0 radical (unpaired) electrons. The Morgan fingerprint density at radius 1 is 1.12 bits per heavy atom. The normalized spacial score (nSPS) is 13.7. The largest absolute Gasteiger partial charge is 0.462 e. The van der Waals surface area contributed by atoms with Crippen LogP contribution in [0.15, 0.2) is 30.3 Å². The van der Waals surface area contributed by atoms with Gasteiger partial charge in [-0.25, -0.2) is 9.59 Å². The van der Waals surface area contributed by atoms with Gasteiger partial charge in [0.1, 0.15) is 5.00 Å². The van der Waals surface area contributed by atoms with Crippen molar-refractivity contribution in [3.8, 4) is 0 Å². The second-order valence-electron chi connectivity index (χ2n) is 8.26. The Bertz CT molecular complexity index is 1250. The number of amides is 1. The van der Waals surface area contributed by atoms with E-state index < -0.39 is 23.9 Å². The minimum atomic E-state index is -1.01. The van der Waals surface area contributed by atoms with Gasteiger partial charge in [0, 0.05) is 16.0 Å². The number of hydrogen-bond acceptors (Lipinski definition) is 7. The van der Waals surface area contributed by atoms with E-state index in [4.69, 9.17) is 9.47 Å². The first-order valence-corrected chi connectivity index (χ1v) is 12.4. The van der Waals surface area contributed by atoms with Gasteiger partial charge in [-0.3, -0.25) is 9.78 Å². The molecule has 3 aromatic rings. The van der Waals surface area contributed by atoms with E-state index in [-0.39, 0.29) is 6.61 Å². The number of rotatable bonds is 7. The predicted octanol–water partition coefficient (Wildman–Crippen LogP) is 5.23. The number of fused-ring (bicyclic) bond motifs is 2. The maximum Gasteiger partial charge on any atom is 0.341 e. The number of benzene rings is 1. The van der Waals surface area contributed by atoms with E-state index in [1.54, 1.807) is 26.0 Å². The molecule has 0 unspecified atom stereocenters. The molecule has 34 heavy (non-hydrogen) atoms. The number of hydrogen-bond donors (Lipinski definition) is 1. The smallest absolute Gasteiger partial charge is 0.341 e. The molecule has 0 bridgehead atoms. The average molecular weight is 481 g/mol. The lowest BCUT2D eigenvalue weighted by Crippen LogP contribution is -2.32. The average Bonchev–Trinajstić information content (AvgIpc) is 3.19. The summed E-state index contributed by atoms with van der Waals surface area (Å²) in [5.74, 6) is -1.48. The first-order chi connectivity index (χ1) is 16.4.